The van der Waals surface area contributed by atoms with E-state index in [1.807, 2.05) is 18.2 Å². The number of hydrogen-bond acceptors (Lipinski definition) is 6. The predicted octanol–water partition coefficient (Wildman–Crippen LogP) is 2.80. The lowest BCUT2D eigenvalue weighted by Gasteiger charge is -2.30. The standard InChI is InChI=1S/C21H22FN5O2/c22-17-8-6-15(7-9-17)20-25-19(29-26-20)14-27-11-3-4-16(13-27)21(28)24-12-18-5-1-2-10-23-18/h1-2,5-10,16H,3-4,11-14H2,(H,24,28). The molecule has 1 saturated heterocycles. The zero-order valence-corrected chi connectivity index (χ0v) is 15.9. The van der Waals surface area contributed by atoms with Crippen LogP contribution in [0.4, 0.5) is 4.39 Å². The summed E-state index contributed by atoms with van der Waals surface area (Å²) >= 11 is 0. The van der Waals surface area contributed by atoms with E-state index < -0.39 is 0 Å². The van der Waals surface area contributed by atoms with Gasteiger partial charge < -0.3 is 9.84 Å². The van der Waals surface area contributed by atoms with Gasteiger partial charge in [0.15, 0.2) is 0 Å². The zero-order chi connectivity index (χ0) is 20.1. The Morgan fingerprint density at radius 2 is 2.10 bits per heavy atom. The van der Waals surface area contributed by atoms with E-state index in [9.17, 15) is 9.18 Å². The van der Waals surface area contributed by atoms with E-state index in [1.54, 1.807) is 18.3 Å². The van der Waals surface area contributed by atoms with Gasteiger partial charge in [-0.2, -0.15) is 4.98 Å². The van der Waals surface area contributed by atoms with E-state index in [4.69, 9.17) is 4.52 Å². The second kappa shape index (κ2) is 8.91. The topological polar surface area (TPSA) is 84.2 Å². The van der Waals surface area contributed by atoms with Crippen LogP contribution in [0.2, 0.25) is 0 Å². The fourth-order valence-corrected chi connectivity index (χ4v) is 3.46. The van der Waals surface area contributed by atoms with E-state index >= 15 is 0 Å². The van der Waals surface area contributed by atoms with Gasteiger partial charge in [-0.25, -0.2) is 4.39 Å². The number of halogens is 1. The molecular formula is C21H22FN5O2. The highest BCUT2D eigenvalue weighted by Crippen LogP contribution is 2.20. The second-order valence-corrected chi connectivity index (χ2v) is 7.13. The highest BCUT2D eigenvalue weighted by atomic mass is 19.1. The summed E-state index contributed by atoms with van der Waals surface area (Å²) in [5.41, 5.74) is 1.54. The average Bonchev–Trinajstić information content (AvgIpc) is 3.22. The van der Waals surface area contributed by atoms with E-state index in [0.717, 1.165) is 25.1 Å². The largest absolute Gasteiger partial charge is 0.350 e. The first kappa shape index (κ1) is 19.2. The maximum atomic E-state index is 13.1. The van der Waals surface area contributed by atoms with Gasteiger partial charge in [-0.15, -0.1) is 0 Å². The summed E-state index contributed by atoms with van der Waals surface area (Å²) in [4.78, 5) is 23.3. The molecule has 1 N–H and O–H groups in total. The van der Waals surface area contributed by atoms with Gasteiger partial charge in [0.1, 0.15) is 5.82 Å². The van der Waals surface area contributed by atoms with Crippen LogP contribution < -0.4 is 5.32 Å². The van der Waals surface area contributed by atoms with Gasteiger partial charge in [0.25, 0.3) is 0 Å². The van der Waals surface area contributed by atoms with Crippen molar-refractivity contribution in [2.75, 3.05) is 13.1 Å². The van der Waals surface area contributed by atoms with Crippen molar-refractivity contribution < 1.29 is 13.7 Å². The monoisotopic (exact) mass is 395 g/mol. The number of carbonyl (C=O) groups excluding carboxylic acids is 1. The van der Waals surface area contributed by atoms with Crippen molar-refractivity contribution >= 4 is 5.91 Å². The van der Waals surface area contributed by atoms with Gasteiger partial charge in [0, 0.05) is 18.3 Å². The zero-order valence-electron chi connectivity index (χ0n) is 15.9. The molecule has 0 saturated carbocycles. The Balaban J connectivity index is 1.32. The van der Waals surface area contributed by atoms with Crippen LogP contribution in [-0.4, -0.2) is 39.0 Å². The predicted molar refractivity (Wildman–Crippen MR) is 104 cm³/mol. The molecule has 1 atom stereocenters. The number of benzene rings is 1. The number of pyridine rings is 1. The summed E-state index contributed by atoms with van der Waals surface area (Å²) in [6, 6.07) is 11.6. The molecule has 3 aromatic rings. The molecule has 0 bridgehead atoms. The average molecular weight is 395 g/mol. The molecule has 29 heavy (non-hydrogen) atoms. The van der Waals surface area contributed by atoms with Crippen molar-refractivity contribution in [1.29, 1.82) is 0 Å². The Hall–Kier alpha value is -3.13. The van der Waals surface area contributed by atoms with Gasteiger partial charge in [-0.1, -0.05) is 11.2 Å². The molecule has 1 unspecified atom stereocenters. The maximum absolute atomic E-state index is 13.1. The number of nitrogens with one attached hydrogen (secondary N) is 1. The first-order valence-electron chi connectivity index (χ1n) is 9.66. The summed E-state index contributed by atoms with van der Waals surface area (Å²) < 4.78 is 18.4. The third-order valence-corrected chi connectivity index (χ3v) is 4.98. The van der Waals surface area contributed by atoms with Gasteiger partial charge in [0.2, 0.25) is 17.6 Å². The van der Waals surface area contributed by atoms with E-state index in [1.165, 1.54) is 12.1 Å². The summed E-state index contributed by atoms with van der Waals surface area (Å²) in [7, 11) is 0. The number of amides is 1. The Morgan fingerprint density at radius 3 is 2.90 bits per heavy atom. The van der Waals surface area contributed by atoms with Crippen molar-refractivity contribution in [2.45, 2.75) is 25.9 Å². The molecule has 0 radical (unpaired) electrons. The summed E-state index contributed by atoms with van der Waals surface area (Å²) in [6.45, 7) is 2.43. The summed E-state index contributed by atoms with van der Waals surface area (Å²) in [5.74, 6) is 0.573. The van der Waals surface area contributed by atoms with Crippen molar-refractivity contribution in [3.05, 3.63) is 66.1 Å². The van der Waals surface area contributed by atoms with Crippen molar-refractivity contribution in [3.63, 3.8) is 0 Å². The fourth-order valence-electron chi connectivity index (χ4n) is 3.46. The fraction of sp³-hybridized carbons (Fsp3) is 0.333. The van der Waals surface area contributed by atoms with Crippen molar-refractivity contribution in [1.82, 2.24) is 25.3 Å². The van der Waals surface area contributed by atoms with Crippen LogP contribution in [0.3, 0.4) is 0 Å². The van der Waals surface area contributed by atoms with Gasteiger partial charge in [-0.05, 0) is 55.8 Å². The first-order valence-corrected chi connectivity index (χ1v) is 9.66. The highest BCUT2D eigenvalue weighted by Gasteiger charge is 2.26. The Labute approximate surface area is 168 Å². The Bertz CT molecular complexity index is 945. The van der Waals surface area contributed by atoms with Crippen LogP contribution >= 0.6 is 0 Å². The number of hydrogen-bond donors (Lipinski definition) is 1. The molecule has 3 heterocycles. The Morgan fingerprint density at radius 1 is 1.24 bits per heavy atom. The molecule has 1 fully saturated rings. The van der Waals surface area contributed by atoms with E-state index in [-0.39, 0.29) is 17.6 Å². The lowest BCUT2D eigenvalue weighted by molar-refractivity contribution is -0.127. The number of aromatic nitrogens is 3. The minimum atomic E-state index is -0.307. The van der Waals surface area contributed by atoms with E-state index in [2.05, 4.69) is 25.3 Å². The molecule has 1 aromatic carbocycles. The number of carbonyl (C=O) groups is 1. The highest BCUT2D eigenvalue weighted by molar-refractivity contribution is 5.78. The molecule has 1 aliphatic heterocycles. The number of piperidine rings is 1. The minimum Gasteiger partial charge on any atom is -0.350 e. The molecule has 2 aromatic heterocycles. The molecule has 8 heteroatoms. The Kier molecular flexibility index (Phi) is 5.90. The summed E-state index contributed by atoms with van der Waals surface area (Å²) in [6.07, 6.45) is 3.50. The van der Waals surface area contributed by atoms with Crippen molar-refractivity contribution in [3.8, 4) is 11.4 Å². The van der Waals surface area contributed by atoms with Gasteiger partial charge in [0.05, 0.1) is 24.7 Å². The smallest absolute Gasteiger partial charge is 0.241 e. The van der Waals surface area contributed by atoms with Gasteiger partial charge >= 0.3 is 0 Å². The molecule has 7 nitrogen and oxygen atoms in total. The number of rotatable bonds is 6. The molecule has 1 amide bonds. The minimum absolute atomic E-state index is 0.0397. The third-order valence-electron chi connectivity index (χ3n) is 4.98. The lowest BCUT2D eigenvalue weighted by atomic mass is 9.97. The van der Waals surface area contributed by atoms with Crippen LogP contribution in [0.1, 0.15) is 24.4 Å². The third kappa shape index (κ3) is 5.03. The number of likely N-dealkylation sites (tertiary alicyclic amines) is 1. The maximum Gasteiger partial charge on any atom is 0.241 e. The van der Waals surface area contributed by atoms with Crippen molar-refractivity contribution in [2.24, 2.45) is 5.92 Å². The van der Waals surface area contributed by atoms with Crippen LogP contribution in [0.25, 0.3) is 11.4 Å². The van der Waals surface area contributed by atoms with Crippen LogP contribution in [-0.2, 0) is 17.9 Å². The summed E-state index contributed by atoms with van der Waals surface area (Å²) in [5, 5.41) is 6.95. The van der Waals surface area contributed by atoms with Crippen LogP contribution in [0.5, 0.6) is 0 Å². The molecule has 1 aliphatic rings. The van der Waals surface area contributed by atoms with Crippen LogP contribution in [0, 0.1) is 11.7 Å². The molecule has 150 valence electrons. The molecule has 0 spiro atoms. The van der Waals surface area contributed by atoms with Gasteiger partial charge in [-0.3, -0.25) is 14.7 Å². The van der Waals surface area contributed by atoms with Crippen LogP contribution in [0.15, 0.2) is 53.2 Å². The number of nitrogens with zero attached hydrogens (tertiary/aromatic N) is 4. The molecule has 0 aliphatic carbocycles. The first-order chi connectivity index (χ1) is 14.2. The van der Waals surface area contributed by atoms with E-state index in [0.29, 0.717) is 36.9 Å². The second-order valence-electron chi connectivity index (χ2n) is 7.13. The lowest BCUT2D eigenvalue weighted by Crippen LogP contribution is -2.42. The molecular weight excluding hydrogens is 373 g/mol. The quantitative estimate of drug-likeness (QED) is 0.691. The molecule has 4 rings (SSSR count). The normalized spacial score (nSPS) is 17.2. The SMILES string of the molecule is O=C(NCc1ccccn1)C1CCCN(Cc2nc(-c3ccc(F)cc3)no2)C1.